The maximum Gasteiger partial charge on any atom is 0.165 e. The molecule has 2 aromatic heterocycles. The topological polar surface area (TPSA) is 66.7 Å². The van der Waals surface area contributed by atoms with Gasteiger partial charge >= 0.3 is 0 Å². The quantitative estimate of drug-likeness (QED) is 0.629. The lowest BCUT2D eigenvalue weighted by Crippen LogP contribution is -2.54. The molecule has 0 aliphatic carbocycles. The highest BCUT2D eigenvalue weighted by atomic mass is 19.1. The predicted octanol–water partition coefficient (Wildman–Crippen LogP) is 1.61. The smallest absolute Gasteiger partial charge is 0.165 e. The molecule has 4 heterocycles. The van der Waals surface area contributed by atoms with E-state index in [1.54, 1.807) is 22.8 Å². The molecule has 2 aliphatic heterocycles. The Hall–Kier alpha value is -2.71. The van der Waals surface area contributed by atoms with E-state index in [9.17, 15) is 4.39 Å². The van der Waals surface area contributed by atoms with E-state index in [0.29, 0.717) is 29.1 Å². The summed E-state index contributed by atoms with van der Waals surface area (Å²) in [4.78, 5) is 7.07. The van der Waals surface area contributed by atoms with Gasteiger partial charge in [0.05, 0.1) is 12.2 Å². The van der Waals surface area contributed by atoms with Crippen molar-refractivity contribution in [3.05, 3.63) is 42.5 Å². The van der Waals surface area contributed by atoms with Crippen LogP contribution in [0.1, 0.15) is 0 Å². The second-order valence-electron chi connectivity index (χ2n) is 6.91. The Kier molecular flexibility index (Phi) is 4.14. The summed E-state index contributed by atoms with van der Waals surface area (Å²) in [7, 11) is 0. The van der Waals surface area contributed by atoms with Gasteiger partial charge in [0.1, 0.15) is 24.0 Å². The number of piperazine rings is 1. The van der Waals surface area contributed by atoms with Crippen LogP contribution >= 0.6 is 0 Å². The highest BCUT2D eigenvalue weighted by Gasteiger charge is 2.23. The number of ether oxygens (including phenoxy) is 1. The number of nitrogens with zero attached hydrogens (tertiary/aromatic N) is 4. The van der Waals surface area contributed by atoms with Gasteiger partial charge in [-0.3, -0.25) is 4.90 Å². The van der Waals surface area contributed by atoms with Crippen LogP contribution in [0.4, 0.5) is 10.2 Å². The van der Waals surface area contributed by atoms with Gasteiger partial charge in [0, 0.05) is 50.0 Å². The number of aromatic nitrogens is 3. The van der Waals surface area contributed by atoms with E-state index in [1.165, 1.54) is 6.07 Å². The van der Waals surface area contributed by atoms with Crippen molar-refractivity contribution >= 4 is 11.5 Å². The minimum absolute atomic E-state index is 0.277. The Morgan fingerprint density at radius 3 is 3.04 bits per heavy atom. The second-order valence-corrected chi connectivity index (χ2v) is 6.91. The zero-order chi connectivity index (χ0) is 18.2. The van der Waals surface area contributed by atoms with Crippen molar-refractivity contribution in [3.63, 3.8) is 0 Å². The van der Waals surface area contributed by atoms with E-state index < -0.39 is 0 Å². The maximum absolute atomic E-state index is 14.6. The molecule has 0 unspecified atom stereocenters. The third-order valence-electron chi connectivity index (χ3n) is 5.22. The number of rotatable bonds is 0. The van der Waals surface area contributed by atoms with Crippen LogP contribution in [0.2, 0.25) is 0 Å². The molecular formula is C19H21FN6O. The molecule has 1 saturated heterocycles. The fourth-order valence-corrected chi connectivity index (χ4v) is 3.74. The van der Waals surface area contributed by atoms with Crippen LogP contribution < -0.4 is 15.4 Å². The molecule has 140 valence electrons. The lowest BCUT2D eigenvalue weighted by atomic mass is 10.1. The molecular weight excluding hydrogens is 347 g/mol. The normalized spacial score (nSPS) is 20.6. The van der Waals surface area contributed by atoms with Gasteiger partial charge in [-0.2, -0.15) is 5.10 Å². The Morgan fingerprint density at radius 1 is 1.15 bits per heavy atom. The summed E-state index contributed by atoms with van der Waals surface area (Å²) in [6.45, 7) is 5.08. The van der Waals surface area contributed by atoms with Crippen molar-refractivity contribution in [2.45, 2.75) is 6.04 Å². The van der Waals surface area contributed by atoms with Crippen LogP contribution in [-0.2, 0) is 0 Å². The summed E-state index contributed by atoms with van der Waals surface area (Å²) in [6.07, 6.45) is 3.48. The summed E-state index contributed by atoms with van der Waals surface area (Å²) < 4.78 is 22.2. The van der Waals surface area contributed by atoms with Crippen LogP contribution in [0.25, 0.3) is 16.8 Å². The third kappa shape index (κ3) is 3.11. The molecule has 3 aromatic rings. The average Bonchev–Trinajstić information content (AvgIpc) is 3.11. The van der Waals surface area contributed by atoms with Crippen molar-refractivity contribution in [2.75, 3.05) is 44.6 Å². The molecule has 1 aromatic carbocycles. The van der Waals surface area contributed by atoms with E-state index in [1.807, 2.05) is 12.3 Å². The maximum atomic E-state index is 14.6. The Morgan fingerprint density at radius 2 is 2.07 bits per heavy atom. The minimum atomic E-state index is -0.314. The summed E-state index contributed by atoms with van der Waals surface area (Å²) in [5, 5.41) is 11.1. The summed E-state index contributed by atoms with van der Waals surface area (Å²) in [5.41, 5.74) is 1.72. The number of anilines is 1. The van der Waals surface area contributed by atoms with Crippen LogP contribution in [-0.4, -0.2) is 64.9 Å². The largest absolute Gasteiger partial charge is 0.492 e. The van der Waals surface area contributed by atoms with Gasteiger partial charge in [0.2, 0.25) is 0 Å². The SMILES string of the molecule is Fc1ccc2cc1-c1cnn3ccc(nc13)NCCN1CCNC[C@@H]1CO2. The number of nitrogens with one attached hydrogen (secondary N) is 2. The minimum Gasteiger partial charge on any atom is -0.492 e. The molecule has 1 fully saturated rings. The third-order valence-corrected chi connectivity index (χ3v) is 5.22. The molecule has 8 heteroatoms. The number of halogens is 1. The zero-order valence-electron chi connectivity index (χ0n) is 14.9. The fourth-order valence-electron chi connectivity index (χ4n) is 3.74. The summed E-state index contributed by atoms with van der Waals surface area (Å²) in [5.74, 6) is 1.11. The molecule has 2 N–H and O–H groups in total. The number of benzene rings is 1. The van der Waals surface area contributed by atoms with Gasteiger partial charge in [-0.15, -0.1) is 0 Å². The molecule has 1 atom stereocenters. The molecule has 27 heavy (non-hydrogen) atoms. The van der Waals surface area contributed by atoms with E-state index in [4.69, 9.17) is 4.74 Å². The lowest BCUT2D eigenvalue weighted by molar-refractivity contribution is 0.115. The highest BCUT2D eigenvalue weighted by molar-refractivity contribution is 5.78. The number of hydrogen-bond donors (Lipinski definition) is 2. The van der Waals surface area contributed by atoms with Crippen LogP contribution in [0.3, 0.4) is 0 Å². The first kappa shape index (κ1) is 16.5. The van der Waals surface area contributed by atoms with E-state index in [0.717, 1.165) is 38.5 Å². The Balaban J connectivity index is 1.59. The molecule has 5 rings (SSSR count). The first-order valence-corrected chi connectivity index (χ1v) is 9.24. The van der Waals surface area contributed by atoms with Gasteiger partial charge in [0.25, 0.3) is 0 Å². The van der Waals surface area contributed by atoms with Gasteiger partial charge in [-0.25, -0.2) is 13.9 Å². The monoisotopic (exact) mass is 368 g/mol. The second kappa shape index (κ2) is 6.79. The molecule has 0 spiro atoms. The molecule has 0 amide bonds. The van der Waals surface area contributed by atoms with Gasteiger partial charge in [-0.05, 0) is 24.3 Å². The molecule has 0 saturated carbocycles. The van der Waals surface area contributed by atoms with Crippen molar-refractivity contribution in [2.24, 2.45) is 0 Å². The van der Waals surface area contributed by atoms with Gasteiger partial charge in [-0.1, -0.05) is 0 Å². The fraction of sp³-hybridized carbons (Fsp3) is 0.368. The van der Waals surface area contributed by atoms with E-state index >= 15 is 0 Å². The summed E-state index contributed by atoms with van der Waals surface area (Å²) in [6, 6.07) is 7.02. The zero-order valence-corrected chi connectivity index (χ0v) is 14.9. The molecule has 2 aliphatic rings. The van der Waals surface area contributed by atoms with E-state index in [2.05, 4.69) is 25.6 Å². The van der Waals surface area contributed by atoms with Crippen molar-refractivity contribution in [1.82, 2.24) is 24.8 Å². The predicted molar refractivity (Wildman–Crippen MR) is 101 cm³/mol. The Bertz CT molecular complexity index is 974. The van der Waals surface area contributed by atoms with Crippen LogP contribution in [0, 0.1) is 5.82 Å². The van der Waals surface area contributed by atoms with Crippen LogP contribution in [0.15, 0.2) is 36.7 Å². The number of fused-ring (bicyclic) bond motifs is 5. The van der Waals surface area contributed by atoms with E-state index in [-0.39, 0.29) is 11.9 Å². The van der Waals surface area contributed by atoms with Gasteiger partial charge in [0.15, 0.2) is 5.65 Å². The number of hydrogen-bond acceptors (Lipinski definition) is 6. The molecule has 0 radical (unpaired) electrons. The highest BCUT2D eigenvalue weighted by Crippen LogP contribution is 2.30. The Labute approximate surface area is 156 Å². The molecule has 7 nitrogen and oxygen atoms in total. The van der Waals surface area contributed by atoms with Crippen molar-refractivity contribution in [3.8, 4) is 16.9 Å². The standard InChI is InChI=1S/C19H21FN6O/c20-17-2-1-14-9-15(17)16-11-23-26-6-3-18(24-19(16)26)22-5-8-25-7-4-21-10-13(25)12-27-14/h1-3,6,9,11,13,21H,4-5,7-8,10,12H2,(H,22,24)/t13-/m1/s1. The molecule has 4 bridgehead atoms. The van der Waals surface area contributed by atoms with Crippen LogP contribution in [0.5, 0.6) is 5.75 Å². The first-order chi connectivity index (χ1) is 13.3. The average molecular weight is 368 g/mol. The first-order valence-electron chi connectivity index (χ1n) is 9.24. The summed E-state index contributed by atoms with van der Waals surface area (Å²) >= 11 is 0. The van der Waals surface area contributed by atoms with Gasteiger partial charge < -0.3 is 15.4 Å². The lowest BCUT2D eigenvalue weighted by Gasteiger charge is -2.36. The van der Waals surface area contributed by atoms with Crippen molar-refractivity contribution in [1.29, 1.82) is 0 Å². The van der Waals surface area contributed by atoms with Crippen molar-refractivity contribution < 1.29 is 9.13 Å².